The lowest BCUT2D eigenvalue weighted by atomic mass is 9.98. The standard InChI is InChI=1S/C21H25NO3S2/c1-14(2)16-10-8-15(9-11-16)12-18-20(24)22(21(26)27-18)13-19(23)25-17-6-4-3-5-7-17/h8-12,14,17H,3-7,13H2,1-2H3/b18-12+. The smallest absolute Gasteiger partial charge is 0.326 e. The highest BCUT2D eigenvalue weighted by atomic mass is 32.2. The summed E-state index contributed by atoms with van der Waals surface area (Å²) in [6.07, 6.45) is 7.03. The molecule has 1 saturated heterocycles. The van der Waals surface area contributed by atoms with Crippen LogP contribution >= 0.6 is 24.0 Å². The highest BCUT2D eigenvalue weighted by molar-refractivity contribution is 8.26. The summed E-state index contributed by atoms with van der Waals surface area (Å²) in [7, 11) is 0. The predicted molar refractivity (Wildman–Crippen MR) is 113 cm³/mol. The Bertz CT molecular complexity index is 749. The maximum absolute atomic E-state index is 12.7. The summed E-state index contributed by atoms with van der Waals surface area (Å²) in [6, 6.07) is 8.13. The number of nitrogens with zero attached hydrogens (tertiary/aromatic N) is 1. The van der Waals surface area contributed by atoms with Crippen molar-refractivity contribution >= 4 is 46.3 Å². The lowest BCUT2D eigenvalue weighted by molar-refractivity contribution is -0.152. The summed E-state index contributed by atoms with van der Waals surface area (Å²) < 4.78 is 5.93. The second kappa shape index (κ2) is 9.02. The van der Waals surface area contributed by atoms with Crippen molar-refractivity contribution in [2.75, 3.05) is 6.54 Å². The normalized spacial score (nSPS) is 20.0. The van der Waals surface area contributed by atoms with E-state index in [1.807, 2.05) is 18.2 Å². The van der Waals surface area contributed by atoms with Gasteiger partial charge in [0.15, 0.2) is 0 Å². The molecule has 0 bridgehead atoms. The SMILES string of the molecule is CC(C)c1ccc(/C=C2/SC(=S)N(CC(=O)OC3CCCCC3)C2=O)cc1. The van der Waals surface area contributed by atoms with Crippen molar-refractivity contribution in [2.24, 2.45) is 0 Å². The van der Waals surface area contributed by atoms with E-state index in [9.17, 15) is 9.59 Å². The summed E-state index contributed by atoms with van der Waals surface area (Å²) >= 11 is 6.54. The molecule has 0 aromatic heterocycles. The van der Waals surface area contributed by atoms with Crippen molar-refractivity contribution in [3.63, 3.8) is 0 Å². The van der Waals surface area contributed by atoms with Gasteiger partial charge in [0.05, 0.1) is 4.91 Å². The maximum atomic E-state index is 12.7. The van der Waals surface area contributed by atoms with Crippen LogP contribution in [0.4, 0.5) is 0 Å². The van der Waals surface area contributed by atoms with E-state index in [4.69, 9.17) is 17.0 Å². The lowest BCUT2D eigenvalue weighted by Gasteiger charge is -2.23. The van der Waals surface area contributed by atoms with Gasteiger partial charge in [-0.15, -0.1) is 0 Å². The first-order valence-corrected chi connectivity index (χ1v) is 10.7. The first kappa shape index (κ1) is 20.1. The van der Waals surface area contributed by atoms with Gasteiger partial charge >= 0.3 is 5.97 Å². The minimum Gasteiger partial charge on any atom is -0.461 e. The number of thioether (sulfide) groups is 1. The van der Waals surface area contributed by atoms with Gasteiger partial charge in [-0.3, -0.25) is 14.5 Å². The molecule has 1 heterocycles. The predicted octanol–water partition coefficient (Wildman–Crippen LogP) is 4.89. The molecule has 1 aromatic carbocycles. The average molecular weight is 404 g/mol. The van der Waals surface area contributed by atoms with Crippen molar-refractivity contribution in [3.8, 4) is 0 Å². The molecule has 1 saturated carbocycles. The van der Waals surface area contributed by atoms with Crippen LogP contribution < -0.4 is 0 Å². The Hall–Kier alpha value is -1.66. The number of rotatable bonds is 5. The summed E-state index contributed by atoms with van der Waals surface area (Å²) in [6.45, 7) is 4.18. The summed E-state index contributed by atoms with van der Waals surface area (Å²) in [5, 5.41) is 0. The van der Waals surface area contributed by atoms with Crippen LogP contribution in [0.5, 0.6) is 0 Å². The monoisotopic (exact) mass is 403 g/mol. The molecule has 1 aliphatic heterocycles. The Morgan fingerprint density at radius 3 is 2.56 bits per heavy atom. The fourth-order valence-electron chi connectivity index (χ4n) is 3.30. The highest BCUT2D eigenvalue weighted by Crippen LogP contribution is 2.33. The molecular weight excluding hydrogens is 378 g/mol. The van der Waals surface area contributed by atoms with Gasteiger partial charge in [-0.1, -0.05) is 68.5 Å². The molecule has 0 atom stereocenters. The van der Waals surface area contributed by atoms with Crippen molar-refractivity contribution in [3.05, 3.63) is 40.3 Å². The maximum Gasteiger partial charge on any atom is 0.326 e. The molecule has 1 aromatic rings. The van der Waals surface area contributed by atoms with E-state index in [0.29, 0.717) is 15.1 Å². The van der Waals surface area contributed by atoms with Gasteiger partial charge in [0.2, 0.25) is 0 Å². The molecule has 6 heteroatoms. The van der Waals surface area contributed by atoms with Gasteiger partial charge in [-0.25, -0.2) is 0 Å². The van der Waals surface area contributed by atoms with Crippen LogP contribution in [0.1, 0.15) is 63.0 Å². The molecule has 1 aliphatic carbocycles. The zero-order chi connectivity index (χ0) is 19.4. The fourth-order valence-corrected chi connectivity index (χ4v) is 4.56. The first-order valence-electron chi connectivity index (χ1n) is 9.49. The van der Waals surface area contributed by atoms with E-state index in [0.717, 1.165) is 31.2 Å². The van der Waals surface area contributed by atoms with E-state index >= 15 is 0 Å². The summed E-state index contributed by atoms with van der Waals surface area (Å²) in [5.74, 6) is -0.133. The van der Waals surface area contributed by atoms with Crippen molar-refractivity contribution < 1.29 is 14.3 Å². The Morgan fingerprint density at radius 2 is 1.93 bits per heavy atom. The van der Waals surface area contributed by atoms with Crippen LogP contribution in [0.3, 0.4) is 0 Å². The molecular formula is C21H25NO3S2. The van der Waals surface area contributed by atoms with E-state index in [-0.39, 0.29) is 24.5 Å². The molecule has 0 spiro atoms. The molecule has 0 radical (unpaired) electrons. The number of ether oxygens (including phenoxy) is 1. The average Bonchev–Trinajstić information content (AvgIpc) is 2.90. The first-order chi connectivity index (χ1) is 12.9. The Morgan fingerprint density at radius 1 is 1.26 bits per heavy atom. The van der Waals surface area contributed by atoms with Crippen LogP contribution in [-0.4, -0.2) is 33.7 Å². The number of carbonyl (C=O) groups excluding carboxylic acids is 2. The Kier molecular flexibility index (Phi) is 6.71. The number of esters is 1. The third-order valence-electron chi connectivity index (χ3n) is 4.91. The lowest BCUT2D eigenvalue weighted by Crippen LogP contribution is -2.36. The second-order valence-corrected chi connectivity index (χ2v) is 9.01. The van der Waals surface area contributed by atoms with Crippen molar-refractivity contribution in [1.29, 1.82) is 0 Å². The van der Waals surface area contributed by atoms with Crippen LogP contribution in [0, 0.1) is 0 Å². The molecule has 4 nitrogen and oxygen atoms in total. The van der Waals surface area contributed by atoms with Crippen molar-refractivity contribution in [2.45, 2.75) is 58.0 Å². The number of benzene rings is 1. The molecule has 0 unspecified atom stereocenters. The van der Waals surface area contributed by atoms with Crippen LogP contribution in [0.15, 0.2) is 29.2 Å². The van der Waals surface area contributed by atoms with E-state index in [2.05, 4.69) is 26.0 Å². The van der Waals surface area contributed by atoms with Gasteiger partial charge in [0.1, 0.15) is 17.0 Å². The number of amides is 1. The Labute approximate surface area is 170 Å². The topological polar surface area (TPSA) is 46.6 Å². The molecule has 2 fully saturated rings. The number of carbonyl (C=O) groups is 2. The second-order valence-electron chi connectivity index (χ2n) is 7.34. The number of thiocarbonyl (C=S) groups is 1. The van der Waals surface area contributed by atoms with Crippen LogP contribution in [0.2, 0.25) is 0 Å². The number of hydrogen-bond acceptors (Lipinski definition) is 5. The molecule has 27 heavy (non-hydrogen) atoms. The van der Waals surface area contributed by atoms with Gasteiger partial charge in [-0.2, -0.15) is 0 Å². The third-order valence-corrected chi connectivity index (χ3v) is 6.29. The largest absolute Gasteiger partial charge is 0.461 e. The van der Waals surface area contributed by atoms with Gasteiger partial charge in [0, 0.05) is 0 Å². The van der Waals surface area contributed by atoms with Gasteiger partial charge < -0.3 is 4.74 Å². The summed E-state index contributed by atoms with van der Waals surface area (Å²) in [4.78, 5) is 26.8. The van der Waals surface area contributed by atoms with E-state index in [1.54, 1.807) is 0 Å². The van der Waals surface area contributed by atoms with Crippen molar-refractivity contribution in [1.82, 2.24) is 4.90 Å². The zero-order valence-electron chi connectivity index (χ0n) is 15.8. The Balaban J connectivity index is 1.62. The quantitative estimate of drug-likeness (QED) is 0.398. The van der Waals surface area contributed by atoms with Crippen LogP contribution in [-0.2, 0) is 14.3 Å². The minimum atomic E-state index is -0.374. The van der Waals surface area contributed by atoms with Crippen LogP contribution in [0.25, 0.3) is 6.08 Å². The zero-order valence-corrected chi connectivity index (χ0v) is 17.4. The third kappa shape index (κ3) is 5.20. The fraction of sp³-hybridized carbons (Fsp3) is 0.476. The van der Waals surface area contributed by atoms with E-state index < -0.39 is 0 Å². The van der Waals surface area contributed by atoms with Gasteiger partial charge in [-0.05, 0) is 48.8 Å². The highest BCUT2D eigenvalue weighted by Gasteiger charge is 2.34. The molecule has 0 N–H and O–H groups in total. The molecule has 2 aliphatic rings. The minimum absolute atomic E-state index is 0.0142. The molecule has 144 valence electrons. The number of hydrogen-bond donors (Lipinski definition) is 0. The van der Waals surface area contributed by atoms with E-state index in [1.165, 1.54) is 28.6 Å². The molecule has 3 rings (SSSR count). The summed E-state index contributed by atoms with van der Waals surface area (Å²) in [5.41, 5.74) is 2.20. The van der Waals surface area contributed by atoms with Gasteiger partial charge in [0.25, 0.3) is 5.91 Å². The molecule has 1 amide bonds.